The maximum absolute atomic E-state index is 10.9. The minimum atomic E-state index is -0.419. The Labute approximate surface area is 121 Å². The molecule has 6 heteroatoms. The first-order valence-electron chi connectivity index (χ1n) is 5.90. The highest BCUT2D eigenvalue weighted by molar-refractivity contribution is 9.10. The molecule has 106 valence electrons. The minimum Gasteiger partial charge on any atom is -0.494 e. The third-order valence-electron chi connectivity index (χ3n) is 2.43. The lowest BCUT2D eigenvalue weighted by Crippen LogP contribution is -2.20. The van der Waals surface area contributed by atoms with Crippen LogP contribution in [0, 0.1) is 0 Å². The van der Waals surface area contributed by atoms with Crippen LogP contribution in [0.3, 0.4) is 0 Å². The van der Waals surface area contributed by atoms with Gasteiger partial charge < -0.3 is 19.9 Å². The number of ether oxygens (including phenoxy) is 3. The van der Waals surface area contributed by atoms with E-state index in [-0.39, 0.29) is 19.3 Å². The normalized spacial score (nSPS) is 12.0. The van der Waals surface area contributed by atoms with Crippen LogP contribution in [0.5, 0.6) is 5.75 Å². The van der Waals surface area contributed by atoms with E-state index in [0.29, 0.717) is 6.61 Å². The molecule has 0 aromatic heterocycles. The van der Waals surface area contributed by atoms with E-state index in [4.69, 9.17) is 15.2 Å². The first-order chi connectivity index (χ1) is 9.08. The number of nitrogens with two attached hydrogens (primary N) is 1. The number of benzene rings is 1. The fourth-order valence-corrected chi connectivity index (χ4v) is 2.13. The van der Waals surface area contributed by atoms with E-state index in [1.807, 2.05) is 25.1 Å². The van der Waals surface area contributed by atoms with Crippen molar-refractivity contribution in [3.63, 3.8) is 0 Å². The van der Waals surface area contributed by atoms with E-state index >= 15 is 0 Å². The number of methoxy groups -OCH3 is 1. The van der Waals surface area contributed by atoms with Gasteiger partial charge in [0.25, 0.3) is 0 Å². The van der Waals surface area contributed by atoms with Crippen LogP contribution in [0.2, 0.25) is 0 Å². The zero-order valence-electron chi connectivity index (χ0n) is 11.0. The summed E-state index contributed by atoms with van der Waals surface area (Å²) in [4.78, 5) is 10.9. The molecule has 0 spiro atoms. The van der Waals surface area contributed by atoms with Crippen molar-refractivity contribution in [2.75, 3.05) is 26.9 Å². The van der Waals surface area contributed by atoms with Crippen molar-refractivity contribution in [2.45, 2.75) is 13.0 Å². The van der Waals surface area contributed by atoms with E-state index in [1.54, 1.807) is 0 Å². The summed E-state index contributed by atoms with van der Waals surface area (Å²) >= 11 is 3.45. The molecule has 0 aliphatic rings. The number of rotatable bonds is 7. The van der Waals surface area contributed by atoms with Crippen LogP contribution in [0.15, 0.2) is 22.7 Å². The second kappa shape index (κ2) is 8.14. The molecule has 1 aromatic carbocycles. The number of hydrogen-bond donors (Lipinski definition) is 1. The molecule has 0 amide bonds. The van der Waals surface area contributed by atoms with Gasteiger partial charge in [0.05, 0.1) is 26.4 Å². The third kappa shape index (κ3) is 5.18. The molecule has 1 unspecified atom stereocenters. The topological polar surface area (TPSA) is 70.8 Å². The van der Waals surface area contributed by atoms with Crippen LogP contribution in [-0.4, -0.2) is 32.9 Å². The third-order valence-corrected chi connectivity index (χ3v) is 3.11. The number of carbonyl (C=O) groups is 1. The molecule has 1 atom stereocenters. The molecule has 0 saturated heterocycles. The predicted molar refractivity (Wildman–Crippen MR) is 75.1 cm³/mol. The molecular weight excluding hydrogens is 314 g/mol. The Balaban J connectivity index is 2.56. The largest absolute Gasteiger partial charge is 0.494 e. The summed E-state index contributed by atoms with van der Waals surface area (Å²) in [6.45, 7) is 2.68. The van der Waals surface area contributed by atoms with Gasteiger partial charge in [0.1, 0.15) is 12.4 Å². The highest BCUT2D eigenvalue weighted by Gasteiger charge is 2.12. The summed E-state index contributed by atoms with van der Waals surface area (Å²) in [7, 11) is 1.31. The highest BCUT2D eigenvalue weighted by atomic mass is 79.9. The van der Waals surface area contributed by atoms with Crippen molar-refractivity contribution in [3.05, 3.63) is 28.2 Å². The standard InChI is InChI=1S/C13H18BrNO4/c1-3-19-9-4-5-10(11(14)6-9)12(15)7-18-8-13(16)17-2/h4-6,12H,3,7-8,15H2,1-2H3. The molecule has 2 N–H and O–H groups in total. The Hall–Kier alpha value is -1.11. The van der Waals surface area contributed by atoms with Crippen molar-refractivity contribution in [1.29, 1.82) is 0 Å². The minimum absolute atomic E-state index is 0.0984. The van der Waals surface area contributed by atoms with Crippen molar-refractivity contribution < 1.29 is 19.0 Å². The van der Waals surface area contributed by atoms with Gasteiger partial charge in [0, 0.05) is 4.47 Å². The average Bonchev–Trinajstić information content (AvgIpc) is 2.38. The van der Waals surface area contributed by atoms with Crippen LogP contribution in [0.4, 0.5) is 0 Å². The second-order valence-electron chi connectivity index (χ2n) is 3.81. The van der Waals surface area contributed by atoms with Gasteiger partial charge in [0.2, 0.25) is 0 Å². The Morgan fingerprint density at radius 3 is 2.79 bits per heavy atom. The Kier molecular flexibility index (Phi) is 6.83. The molecule has 1 rings (SSSR count). The maximum Gasteiger partial charge on any atom is 0.331 e. The molecule has 0 aliphatic heterocycles. The maximum atomic E-state index is 10.9. The number of esters is 1. The quantitative estimate of drug-likeness (QED) is 0.774. The molecule has 0 fully saturated rings. The monoisotopic (exact) mass is 331 g/mol. The van der Waals surface area contributed by atoms with E-state index in [9.17, 15) is 4.79 Å². The molecule has 19 heavy (non-hydrogen) atoms. The van der Waals surface area contributed by atoms with E-state index < -0.39 is 5.97 Å². The van der Waals surface area contributed by atoms with Gasteiger partial charge in [0.15, 0.2) is 0 Å². The molecule has 0 saturated carbocycles. The van der Waals surface area contributed by atoms with Gasteiger partial charge in [-0.25, -0.2) is 4.79 Å². The van der Waals surface area contributed by atoms with E-state index in [0.717, 1.165) is 15.8 Å². The molecule has 1 aromatic rings. The summed E-state index contributed by atoms with van der Waals surface area (Å²) in [6, 6.07) is 5.26. The Morgan fingerprint density at radius 2 is 2.21 bits per heavy atom. The predicted octanol–water partition coefficient (Wildman–Crippen LogP) is 2.04. The zero-order chi connectivity index (χ0) is 14.3. The first kappa shape index (κ1) is 15.9. The fraction of sp³-hybridized carbons (Fsp3) is 0.462. The fourth-order valence-electron chi connectivity index (χ4n) is 1.48. The van der Waals surface area contributed by atoms with Crippen LogP contribution >= 0.6 is 15.9 Å². The molecule has 0 bridgehead atoms. The van der Waals surface area contributed by atoms with E-state index in [2.05, 4.69) is 20.7 Å². The second-order valence-corrected chi connectivity index (χ2v) is 4.67. The van der Waals surface area contributed by atoms with Crippen molar-refractivity contribution in [3.8, 4) is 5.75 Å². The van der Waals surface area contributed by atoms with Gasteiger partial charge in [-0.3, -0.25) is 0 Å². The summed E-state index contributed by atoms with van der Waals surface area (Å²) in [5.74, 6) is 0.360. The summed E-state index contributed by atoms with van der Waals surface area (Å²) in [5, 5.41) is 0. The Bertz CT molecular complexity index is 425. The van der Waals surface area contributed by atoms with Crippen molar-refractivity contribution >= 4 is 21.9 Å². The number of halogens is 1. The SMILES string of the molecule is CCOc1ccc(C(N)COCC(=O)OC)c(Br)c1. The number of hydrogen-bond acceptors (Lipinski definition) is 5. The summed E-state index contributed by atoms with van der Waals surface area (Å²) in [5.41, 5.74) is 6.90. The number of carbonyl (C=O) groups excluding carboxylic acids is 1. The van der Waals surface area contributed by atoms with Crippen LogP contribution in [0.25, 0.3) is 0 Å². The lowest BCUT2D eigenvalue weighted by atomic mass is 10.1. The van der Waals surface area contributed by atoms with Crippen molar-refractivity contribution in [1.82, 2.24) is 0 Å². The average molecular weight is 332 g/mol. The molecule has 0 aliphatic carbocycles. The van der Waals surface area contributed by atoms with Gasteiger partial charge >= 0.3 is 5.97 Å². The molecule has 5 nitrogen and oxygen atoms in total. The van der Waals surface area contributed by atoms with E-state index in [1.165, 1.54) is 7.11 Å². The van der Waals surface area contributed by atoms with Gasteiger partial charge in [-0.2, -0.15) is 0 Å². The first-order valence-corrected chi connectivity index (χ1v) is 6.70. The summed E-state index contributed by atoms with van der Waals surface area (Å²) < 4.78 is 15.9. The summed E-state index contributed by atoms with van der Waals surface area (Å²) in [6.07, 6.45) is 0. The van der Waals surface area contributed by atoms with Crippen molar-refractivity contribution in [2.24, 2.45) is 5.73 Å². The van der Waals surface area contributed by atoms with Crippen LogP contribution in [-0.2, 0) is 14.3 Å². The Morgan fingerprint density at radius 1 is 1.47 bits per heavy atom. The molecular formula is C13H18BrNO4. The van der Waals surface area contributed by atoms with Gasteiger partial charge in [-0.05, 0) is 24.6 Å². The van der Waals surface area contributed by atoms with Gasteiger partial charge in [-0.1, -0.05) is 22.0 Å². The van der Waals surface area contributed by atoms with Crippen LogP contribution in [0.1, 0.15) is 18.5 Å². The highest BCUT2D eigenvalue weighted by Crippen LogP contribution is 2.27. The lowest BCUT2D eigenvalue weighted by molar-refractivity contribution is -0.146. The molecule has 0 heterocycles. The van der Waals surface area contributed by atoms with Gasteiger partial charge in [-0.15, -0.1) is 0 Å². The molecule has 0 radical (unpaired) electrons. The van der Waals surface area contributed by atoms with Crippen LogP contribution < -0.4 is 10.5 Å². The smallest absolute Gasteiger partial charge is 0.331 e. The zero-order valence-corrected chi connectivity index (χ0v) is 12.6. The lowest BCUT2D eigenvalue weighted by Gasteiger charge is -2.15.